The molecule has 2 nitrogen and oxygen atoms in total. The first kappa shape index (κ1) is 12.7. The van der Waals surface area contributed by atoms with Crippen LogP contribution in [0.1, 0.15) is 34.3 Å². The van der Waals surface area contributed by atoms with Gasteiger partial charge in [0.15, 0.2) is 0 Å². The summed E-state index contributed by atoms with van der Waals surface area (Å²) in [4.78, 5) is 7.41. The Balaban J connectivity index is 2.02. The third-order valence-corrected chi connectivity index (χ3v) is 4.55. The van der Waals surface area contributed by atoms with E-state index in [2.05, 4.69) is 48.6 Å². The molecule has 0 spiro atoms. The third kappa shape index (κ3) is 3.63. The van der Waals surface area contributed by atoms with Crippen LogP contribution in [0.25, 0.3) is 0 Å². The van der Waals surface area contributed by atoms with E-state index in [4.69, 9.17) is 0 Å². The highest BCUT2D eigenvalue weighted by Gasteiger charge is 2.08. The number of hydrogen-bond donors (Lipinski definition) is 1. The van der Waals surface area contributed by atoms with Gasteiger partial charge in [-0.2, -0.15) is 0 Å². The van der Waals surface area contributed by atoms with E-state index in [0.29, 0.717) is 6.04 Å². The minimum Gasteiger partial charge on any atom is -0.310 e. The van der Waals surface area contributed by atoms with Crippen molar-refractivity contribution >= 4 is 22.7 Å². The van der Waals surface area contributed by atoms with Crippen LogP contribution >= 0.6 is 22.7 Å². The van der Waals surface area contributed by atoms with Crippen LogP contribution in [0.15, 0.2) is 17.5 Å². The lowest BCUT2D eigenvalue weighted by atomic mass is 10.3. The van der Waals surface area contributed by atoms with Crippen molar-refractivity contribution in [2.24, 2.45) is 0 Å². The molecule has 4 heteroatoms. The molecule has 2 aromatic rings. The van der Waals surface area contributed by atoms with Crippen molar-refractivity contribution in [3.63, 3.8) is 0 Å². The van der Waals surface area contributed by atoms with E-state index in [9.17, 15) is 0 Å². The molecule has 92 valence electrons. The summed E-state index contributed by atoms with van der Waals surface area (Å²) in [5.41, 5.74) is 1.18. The molecule has 0 atom stereocenters. The van der Waals surface area contributed by atoms with Crippen LogP contribution in [-0.2, 0) is 13.0 Å². The molecule has 17 heavy (non-hydrogen) atoms. The number of thiazole rings is 1. The molecule has 0 aliphatic carbocycles. The Labute approximate surface area is 111 Å². The van der Waals surface area contributed by atoms with Crippen LogP contribution in [0.3, 0.4) is 0 Å². The zero-order valence-corrected chi connectivity index (χ0v) is 12.1. The maximum absolute atomic E-state index is 4.65. The lowest BCUT2D eigenvalue weighted by molar-refractivity contribution is 0.591. The van der Waals surface area contributed by atoms with Crippen molar-refractivity contribution in [2.45, 2.75) is 39.8 Å². The van der Waals surface area contributed by atoms with Gasteiger partial charge in [-0.1, -0.05) is 19.9 Å². The van der Waals surface area contributed by atoms with Gasteiger partial charge in [0.05, 0.1) is 10.7 Å². The quantitative estimate of drug-likeness (QED) is 0.894. The van der Waals surface area contributed by atoms with E-state index in [1.165, 1.54) is 20.5 Å². The van der Waals surface area contributed by atoms with Crippen molar-refractivity contribution in [1.29, 1.82) is 0 Å². The fraction of sp³-hybridized carbons (Fsp3) is 0.462. The number of nitrogens with zero attached hydrogens (tertiary/aromatic N) is 1. The van der Waals surface area contributed by atoms with Crippen LogP contribution in [0.2, 0.25) is 0 Å². The van der Waals surface area contributed by atoms with Crippen LogP contribution < -0.4 is 5.32 Å². The highest BCUT2D eigenvalue weighted by Crippen LogP contribution is 2.22. The maximum atomic E-state index is 4.65. The number of rotatable bonds is 5. The van der Waals surface area contributed by atoms with Crippen LogP contribution in [0, 0.1) is 6.92 Å². The molecular formula is C13H18N2S2. The van der Waals surface area contributed by atoms with E-state index < -0.39 is 0 Å². The number of nitrogens with one attached hydrogen (secondary N) is 1. The Morgan fingerprint density at radius 3 is 2.88 bits per heavy atom. The lowest BCUT2D eigenvalue weighted by Gasteiger charge is -2.05. The number of aryl methyl sites for hydroxylation is 1. The van der Waals surface area contributed by atoms with Gasteiger partial charge in [0.2, 0.25) is 0 Å². The summed E-state index contributed by atoms with van der Waals surface area (Å²) >= 11 is 3.63. The Morgan fingerprint density at radius 1 is 1.41 bits per heavy atom. The SMILES string of the molecule is Cc1nc(Cc2cccs2)sc1CNC(C)C. The highest BCUT2D eigenvalue weighted by atomic mass is 32.1. The van der Waals surface area contributed by atoms with Crippen LogP contribution in [0.4, 0.5) is 0 Å². The fourth-order valence-electron chi connectivity index (χ4n) is 1.59. The molecular weight excluding hydrogens is 248 g/mol. The summed E-state index contributed by atoms with van der Waals surface area (Å²) in [6, 6.07) is 4.80. The first-order valence-electron chi connectivity index (χ1n) is 5.86. The summed E-state index contributed by atoms with van der Waals surface area (Å²) < 4.78 is 0. The smallest absolute Gasteiger partial charge is 0.0983 e. The Hall–Kier alpha value is -0.710. The normalized spacial score (nSPS) is 11.3. The van der Waals surface area contributed by atoms with Gasteiger partial charge in [0.25, 0.3) is 0 Å². The molecule has 0 bridgehead atoms. The molecule has 0 radical (unpaired) electrons. The van der Waals surface area contributed by atoms with Gasteiger partial charge in [-0.05, 0) is 18.4 Å². The van der Waals surface area contributed by atoms with E-state index in [-0.39, 0.29) is 0 Å². The summed E-state index contributed by atoms with van der Waals surface area (Å²) in [7, 11) is 0. The van der Waals surface area contributed by atoms with Crippen LogP contribution in [-0.4, -0.2) is 11.0 Å². The van der Waals surface area contributed by atoms with Crippen LogP contribution in [0.5, 0.6) is 0 Å². The van der Waals surface area contributed by atoms with Crippen molar-refractivity contribution < 1.29 is 0 Å². The fourth-order valence-corrected chi connectivity index (χ4v) is 3.43. The molecule has 0 saturated heterocycles. The lowest BCUT2D eigenvalue weighted by Crippen LogP contribution is -2.21. The third-order valence-electron chi connectivity index (χ3n) is 2.51. The second kappa shape index (κ2) is 5.76. The van der Waals surface area contributed by atoms with Crippen molar-refractivity contribution in [2.75, 3.05) is 0 Å². The number of hydrogen-bond acceptors (Lipinski definition) is 4. The average molecular weight is 266 g/mol. The van der Waals surface area contributed by atoms with Gasteiger partial charge in [0, 0.05) is 28.8 Å². The number of aromatic nitrogens is 1. The molecule has 2 rings (SSSR count). The topological polar surface area (TPSA) is 24.9 Å². The van der Waals surface area contributed by atoms with Gasteiger partial charge in [-0.15, -0.1) is 22.7 Å². The van der Waals surface area contributed by atoms with Crippen molar-refractivity contribution in [3.8, 4) is 0 Å². The predicted octanol–water partition coefficient (Wildman–Crippen LogP) is 3.60. The minimum absolute atomic E-state index is 0.525. The Bertz CT molecular complexity index is 458. The first-order chi connectivity index (χ1) is 8.15. The zero-order chi connectivity index (χ0) is 12.3. The van der Waals surface area contributed by atoms with Gasteiger partial charge in [-0.3, -0.25) is 0 Å². The predicted molar refractivity (Wildman–Crippen MR) is 76.0 cm³/mol. The van der Waals surface area contributed by atoms with Crippen molar-refractivity contribution in [3.05, 3.63) is 38.0 Å². The Kier molecular flexibility index (Phi) is 4.31. The largest absolute Gasteiger partial charge is 0.310 e. The molecule has 2 aromatic heterocycles. The zero-order valence-electron chi connectivity index (χ0n) is 10.5. The summed E-state index contributed by atoms with van der Waals surface area (Å²) in [5, 5.41) is 6.80. The monoisotopic (exact) mass is 266 g/mol. The summed E-state index contributed by atoms with van der Waals surface area (Å²) in [6.07, 6.45) is 0.977. The molecule has 0 unspecified atom stereocenters. The second-order valence-corrected chi connectivity index (χ2v) is 6.61. The molecule has 1 N–H and O–H groups in total. The number of thiophene rings is 1. The average Bonchev–Trinajstić information content (AvgIpc) is 2.86. The standard InChI is InChI=1S/C13H18N2S2/c1-9(2)14-8-12-10(3)15-13(17-12)7-11-5-4-6-16-11/h4-6,9,14H,7-8H2,1-3H3. The molecule has 0 amide bonds. The van der Waals surface area contributed by atoms with E-state index in [0.717, 1.165) is 13.0 Å². The first-order valence-corrected chi connectivity index (χ1v) is 7.55. The van der Waals surface area contributed by atoms with E-state index in [1.807, 2.05) is 11.3 Å². The van der Waals surface area contributed by atoms with Crippen molar-refractivity contribution in [1.82, 2.24) is 10.3 Å². The molecule has 0 aliphatic rings. The summed E-state index contributed by atoms with van der Waals surface area (Å²) in [6.45, 7) is 7.38. The van der Waals surface area contributed by atoms with E-state index >= 15 is 0 Å². The molecule has 2 heterocycles. The van der Waals surface area contributed by atoms with E-state index in [1.54, 1.807) is 11.3 Å². The van der Waals surface area contributed by atoms with Gasteiger partial charge in [0.1, 0.15) is 0 Å². The second-order valence-electron chi connectivity index (χ2n) is 4.41. The summed E-state index contributed by atoms with van der Waals surface area (Å²) in [5.74, 6) is 0. The highest BCUT2D eigenvalue weighted by molar-refractivity contribution is 7.12. The van der Waals surface area contributed by atoms with Gasteiger partial charge >= 0.3 is 0 Å². The molecule has 0 saturated carbocycles. The van der Waals surface area contributed by atoms with Gasteiger partial charge in [-0.25, -0.2) is 4.98 Å². The Morgan fingerprint density at radius 2 is 2.24 bits per heavy atom. The minimum atomic E-state index is 0.525. The molecule has 0 fully saturated rings. The molecule has 0 aliphatic heterocycles. The van der Waals surface area contributed by atoms with Gasteiger partial charge < -0.3 is 5.32 Å². The maximum Gasteiger partial charge on any atom is 0.0983 e. The molecule has 0 aromatic carbocycles.